The number of aromatic nitrogens is 4. The molecule has 0 spiro atoms. The van der Waals surface area contributed by atoms with E-state index in [0.29, 0.717) is 22.5 Å². The highest BCUT2D eigenvalue weighted by molar-refractivity contribution is 6.33. The monoisotopic (exact) mass is 279 g/mol. The zero-order chi connectivity index (χ0) is 14.4. The summed E-state index contributed by atoms with van der Waals surface area (Å²) in [5, 5.41) is 4.99. The Hall–Kier alpha value is -1.62. The van der Waals surface area contributed by atoms with Gasteiger partial charge in [-0.05, 0) is 13.8 Å². The van der Waals surface area contributed by atoms with E-state index >= 15 is 0 Å². The molecule has 0 fully saturated rings. The van der Waals surface area contributed by atoms with Crippen molar-refractivity contribution in [3.63, 3.8) is 0 Å². The van der Waals surface area contributed by atoms with Crippen LogP contribution in [0.25, 0.3) is 5.82 Å². The fourth-order valence-electron chi connectivity index (χ4n) is 1.87. The third-order valence-corrected chi connectivity index (χ3v) is 3.11. The third-order valence-electron chi connectivity index (χ3n) is 2.74. The summed E-state index contributed by atoms with van der Waals surface area (Å²) in [6, 6.07) is 1.83. The van der Waals surface area contributed by atoms with Crippen LogP contribution in [0.4, 0.5) is 5.82 Å². The molecule has 2 heterocycles. The minimum Gasteiger partial charge on any atom is -0.382 e. The van der Waals surface area contributed by atoms with Gasteiger partial charge >= 0.3 is 0 Å². The highest BCUT2D eigenvalue weighted by Gasteiger charge is 2.25. The highest BCUT2D eigenvalue weighted by Crippen LogP contribution is 2.33. The van der Waals surface area contributed by atoms with Crippen molar-refractivity contribution in [3.8, 4) is 5.82 Å². The molecule has 5 nitrogen and oxygen atoms in total. The Balaban J connectivity index is 2.64. The molecule has 0 amide bonds. The molecule has 0 aromatic carbocycles. The van der Waals surface area contributed by atoms with Gasteiger partial charge < -0.3 is 5.73 Å². The van der Waals surface area contributed by atoms with Crippen molar-refractivity contribution in [1.29, 1.82) is 0 Å². The van der Waals surface area contributed by atoms with Crippen LogP contribution in [-0.2, 0) is 5.41 Å². The Labute approximate surface area is 117 Å². The first-order chi connectivity index (χ1) is 8.70. The number of halogens is 1. The fourth-order valence-corrected chi connectivity index (χ4v) is 2.27. The normalized spacial score (nSPS) is 11.9. The lowest BCUT2D eigenvalue weighted by atomic mass is 9.92. The van der Waals surface area contributed by atoms with Gasteiger partial charge in [0.05, 0.1) is 5.69 Å². The molecule has 0 aliphatic carbocycles. The standard InChI is InChI=1S/C13H18ClN5/c1-7-6-9(17-8(2)16-7)19-12(15)10(14)11(18-19)13(3,4)5/h6H,15H2,1-5H3. The molecule has 102 valence electrons. The van der Waals surface area contributed by atoms with Crippen LogP contribution in [0.2, 0.25) is 5.02 Å². The molecule has 0 unspecified atom stereocenters. The van der Waals surface area contributed by atoms with Crippen LogP contribution < -0.4 is 5.73 Å². The first kappa shape index (κ1) is 13.8. The minimum atomic E-state index is -0.173. The Morgan fingerprint density at radius 2 is 1.84 bits per heavy atom. The van der Waals surface area contributed by atoms with Crippen LogP contribution in [-0.4, -0.2) is 19.7 Å². The van der Waals surface area contributed by atoms with Crippen LogP contribution >= 0.6 is 11.6 Å². The SMILES string of the molecule is Cc1cc(-n2nc(C(C)(C)C)c(Cl)c2N)nc(C)n1. The lowest BCUT2D eigenvalue weighted by Gasteiger charge is -2.15. The predicted molar refractivity (Wildman–Crippen MR) is 76.8 cm³/mol. The van der Waals surface area contributed by atoms with Crippen molar-refractivity contribution in [2.24, 2.45) is 0 Å². The van der Waals surface area contributed by atoms with Crippen LogP contribution in [0.15, 0.2) is 6.07 Å². The maximum Gasteiger partial charge on any atom is 0.159 e. The van der Waals surface area contributed by atoms with E-state index in [4.69, 9.17) is 17.3 Å². The summed E-state index contributed by atoms with van der Waals surface area (Å²) in [5.41, 5.74) is 7.50. The quantitative estimate of drug-likeness (QED) is 0.871. The lowest BCUT2D eigenvalue weighted by molar-refractivity contribution is 0.559. The first-order valence-corrected chi connectivity index (χ1v) is 6.45. The summed E-state index contributed by atoms with van der Waals surface area (Å²) in [5.74, 6) is 1.72. The van der Waals surface area contributed by atoms with Gasteiger partial charge in [0.25, 0.3) is 0 Å². The Morgan fingerprint density at radius 3 is 2.32 bits per heavy atom. The molecule has 2 aromatic heterocycles. The van der Waals surface area contributed by atoms with Crippen molar-refractivity contribution in [2.75, 3.05) is 5.73 Å². The van der Waals surface area contributed by atoms with Crippen LogP contribution in [0.5, 0.6) is 0 Å². The second-order valence-corrected chi connectivity index (χ2v) is 6.00. The topological polar surface area (TPSA) is 69.6 Å². The van der Waals surface area contributed by atoms with Gasteiger partial charge in [-0.25, -0.2) is 9.97 Å². The smallest absolute Gasteiger partial charge is 0.159 e. The summed E-state index contributed by atoms with van der Waals surface area (Å²) >= 11 is 6.28. The molecule has 19 heavy (non-hydrogen) atoms. The van der Waals surface area contributed by atoms with E-state index in [1.54, 1.807) is 4.68 Å². The van der Waals surface area contributed by atoms with Gasteiger partial charge in [-0.3, -0.25) is 0 Å². The second-order valence-electron chi connectivity index (χ2n) is 5.62. The number of hydrogen-bond acceptors (Lipinski definition) is 4. The van der Waals surface area contributed by atoms with Crippen molar-refractivity contribution < 1.29 is 0 Å². The van der Waals surface area contributed by atoms with Gasteiger partial charge in [-0.15, -0.1) is 0 Å². The van der Waals surface area contributed by atoms with E-state index in [9.17, 15) is 0 Å². The van der Waals surface area contributed by atoms with Gasteiger partial charge in [0.15, 0.2) is 5.82 Å². The van der Waals surface area contributed by atoms with Gasteiger partial charge in [-0.2, -0.15) is 9.78 Å². The molecular formula is C13H18ClN5. The summed E-state index contributed by atoms with van der Waals surface area (Å²) in [6.45, 7) is 9.87. The number of aryl methyl sites for hydroxylation is 2. The summed E-state index contributed by atoms with van der Waals surface area (Å²) in [7, 11) is 0. The van der Waals surface area contributed by atoms with Crippen LogP contribution in [0.3, 0.4) is 0 Å². The summed E-state index contributed by atoms with van der Waals surface area (Å²) < 4.78 is 1.57. The molecule has 2 rings (SSSR count). The molecule has 0 saturated heterocycles. The van der Waals surface area contributed by atoms with E-state index in [1.165, 1.54) is 0 Å². The van der Waals surface area contributed by atoms with E-state index in [1.807, 2.05) is 40.7 Å². The van der Waals surface area contributed by atoms with Crippen molar-refractivity contribution in [1.82, 2.24) is 19.7 Å². The number of rotatable bonds is 1. The average molecular weight is 280 g/mol. The van der Waals surface area contributed by atoms with E-state index in [2.05, 4.69) is 15.1 Å². The largest absolute Gasteiger partial charge is 0.382 e. The number of hydrogen-bond donors (Lipinski definition) is 1. The number of nitrogens with zero attached hydrogens (tertiary/aromatic N) is 4. The molecule has 2 N–H and O–H groups in total. The lowest BCUT2D eigenvalue weighted by Crippen LogP contribution is -2.13. The fraction of sp³-hybridized carbons (Fsp3) is 0.462. The van der Waals surface area contributed by atoms with Gasteiger partial charge in [-0.1, -0.05) is 32.4 Å². The molecule has 0 aliphatic rings. The summed E-state index contributed by atoms with van der Waals surface area (Å²) in [4.78, 5) is 8.59. The zero-order valence-corrected chi connectivity index (χ0v) is 12.6. The van der Waals surface area contributed by atoms with Crippen molar-refractivity contribution >= 4 is 17.4 Å². The second kappa shape index (κ2) is 4.49. The molecule has 0 saturated carbocycles. The average Bonchev–Trinajstić information content (AvgIpc) is 2.54. The Kier molecular flexibility index (Phi) is 3.26. The number of anilines is 1. The van der Waals surface area contributed by atoms with E-state index < -0.39 is 0 Å². The van der Waals surface area contributed by atoms with Crippen molar-refractivity contribution in [2.45, 2.75) is 40.0 Å². The molecule has 0 radical (unpaired) electrons. The molecule has 0 aliphatic heterocycles. The number of nitrogens with two attached hydrogens (primary N) is 1. The zero-order valence-electron chi connectivity index (χ0n) is 11.8. The van der Waals surface area contributed by atoms with Gasteiger partial charge in [0.1, 0.15) is 16.7 Å². The first-order valence-electron chi connectivity index (χ1n) is 6.07. The Morgan fingerprint density at radius 1 is 1.21 bits per heavy atom. The van der Waals surface area contributed by atoms with Gasteiger partial charge in [0.2, 0.25) is 0 Å². The van der Waals surface area contributed by atoms with Crippen LogP contribution in [0.1, 0.15) is 38.0 Å². The maximum absolute atomic E-state index is 6.28. The molecule has 2 aromatic rings. The summed E-state index contributed by atoms with van der Waals surface area (Å²) in [6.07, 6.45) is 0. The third kappa shape index (κ3) is 2.56. The predicted octanol–water partition coefficient (Wildman–Crippen LogP) is 2.81. The molecule has 0 atom stereocenters. The maximum atomic E-state index is 6.28. The Bertz CT molecular complexity index is 604. The molecule has 0 bridgehead atoms. The van der Waals surface area contributed by atoms with Crippen molar-refractivity contribution in [3.05, 3.63) is 28.3 Å². The minimum absolute atomic E-state index is 0.173. The van der Waals surface area contributed by atoms with Crippen LogP contribution in [0, 0.1) is 13.8 Å². The van der Waals surface area contributed by atoms with Gasteiger partial charge in [0, 0.05) is 17.2 Å². The van der Waals surface area contributed by atoms with E-state index in [0.717, 1.165) is 11.4 Å². The highest BCUT2D eigenvalue weighted by atomic mass is 35.5. The number of nitrogen functional groups attached to an aromatic ring is 1. The van der Waals surface area contributed by atoms with E-state index in [-0.39, 0.29) is 5.41 Å². The molecular weight excluding hydrogens is 262 g/mol. The molecule has 6 heteroatoms.